The molecule has 2 aromatic carbocycles. The number of likely N-dealkylation sites (N-methyl/N-ethyl adjacent to an activating group) is 1. The standard InChI is InChI=1S/C20H24N2O3S2/c1-5-26-14-8-6-13(7-9-14)16(12-23)22(2)20-21-15-10-17(24-3)18(25-4)11-19(15)27-20/h6-12,16,20-21H,5H2,1-4H3/t16-,20?/m1/s1. The Balaban J connectivity index is 1.78. The maximum atomic E-state index is 11.9. The summed E-state index contributed by atoms with van der Waals surface area (Å²) in [5.41, 5.74) is 1.91. The number of methoxy groups -OCH3 is 2. The maximum Gasteiger partial charge on any atom is 0.162 e. The van der Waals surface area contributed by atoms with Crippen molar-refractivity contribution in [2.45, 2.75) is 28.3 Å². The fourth-order valence-corrected chi connectivity index (χ4v) is 4.83. The topological polar surface area (TPSA) is 50.8 Å². The Labute approximate surface area is 168 Å². The Morgan fingerprint density at radius 2 is 1.89 bits per heavy atom. The highest BCUT2D eigenvalue weighted by Crippen LogP contribution is 2.46. The van der Waals surface area contributed by atoms with Crippen molar-refractivity contribution in [3.63, 3.8) is 0 Å². The molecule has 0 aliphatic carbocycles. The lowest BCUT2D eigenvalue weighted by atomic mass is 10.1. The zero-order valence-corrected chi connectivity index (χ0v) is 17.5. The minimum absolute atomic E-state index is 0.0586. The van der Waals surface area contributed by atoms with Crippen LogP contribution >= 0.6 is 23.5 Å². The lowest BCUT2D eigenvalue weighted by Gasteiger charge is -2.29. The summed E-state index contributed by atoms with van der Waals surface area (Å²) in [6.45, 7) is 2.13. The number of ether oxygens (including phenoxy) is 2. The van der Waals surface area contributed by atoms with Gasteiger partial charge >= 0.3 is 0 Å². The summed E-state index contributed by atoms with van der Waals surface area (Å²) >= 11 is 3.45. The average molecular weight is 405 g/mol. The van der Waals surface area contributed by atoms with Gasteiger partial charge in [-0.05, 0) is 36.6 Å². The number of carbonyl (C=O) groups excluding carboxylic acids is 1. The largest absolute Gasteiger partial charge is 0.493 e. The van der Waals surface area contributed by atoms with Crippen molar-refractivity contribution >= 4 is 35.5 Å². The highest BCUT2D eigenvalue weighted by molar-refractivity contribution is 8.00. The predicted octanol–water partition coefficient (Wildman–Crippen LogP) is 4.49. The van der Waals surface area contributed by atoms with E-state index in [1.54, 1.807) is 37.7 Å². The molecule has 0 saturated heterocycles. The smallest absolute Gasteiger partial charge is 0.162 e. The molecule has 1 unspecified atom stereocenters. The fourth-order valence-electron chi connectivity index (χ4n) is 3.02. The van der Waals surface area contributed by atoms with Gasteiger partial charge in [-0.2, -0.15) is 0 Å². The molecule has 1 aliphatic heterocycles. The Bertz CT molecular complexity index is 766. The number of carbonyl (C=O) groups is 1. The van der Waals surface area contributed by atoms with E-state index in [1.165, 1.54) is 4.90 Å². The van der Waals surface area contributed by atoms with Crippen molar-refractivity contribution in [1.29, 1.82) is 0 Å². The van der Waals surface area contributed by atoms with Gasteiger partial charge in [0.25, 0.3) is 0 Å². The van der Waals surface area contributed by atoms with E-state index in [0.29, 0.717) is 11.5 Å². The Morgan fingerprint density at radius 3 is 2.48 bits per heavy atom. The van der Waals surface area contributed by atoms with Crippen LogP contribution in [0.4, 0.5) is 5.69 Å². The van der Waals surface area contributed by atoms with Gasteiger partial charge in [-0.25, -0.2) is 0 Å². The molecule has 0 bridgehead atoms. The molecular formula is C20H24N2O3S2. The van der Waals surface area contributed by atoms with Crippen LogP contribution in [0, 0.1) is 0 Å². The second-order valence-electron chi connectivity index (χ2n) is 6.07. The van der Waals surface area contributed by atoms with Gasteiger partial charge in [0.1, 0.15) is 11.8 Å². The van der Waals surface area contributed by atoms with Crippen LogP contribution in [-0.2, 0) is 4.79 Å². The SMILES string of the molecule is CCSc1ccc([C@@H](C=O)N(C)C2Nc3cc(OC)c(OC)cc3S2)cc1. The molecule has 0 amide bonds. The number of anilines is 1. The summed E-state index contributed by atoms with van der Waals surface area (Å²) in [6, 6.07) is 11.8. The highest BCUT2D eigenvalue weighted by atomic mass is 32.2. The number of hydrogen-bond acceptors (Lipinski definition) is 7. The van der Waals surface area contributed by atoms with Crippen molar-refractivity contribution in [1.82, 2.24) is 4.90 Å². The minimum atomic E-state index is -0.325. The summed E-state index contributed by atoms with van der Waals surface area (Å²) in [5, 5.41) is 3.47. The van der Waals surface area contributed by atoms with Gasteiger partial charge in [0.15, 0.2) is 11.5 Å². The van der Waals surface area contributed by atoms with Gasteiger partial charge in [-0.3, -0.25) is 4.90 Å². The lowest BCUT2D eigenvalue weighted by Crippen LogP contribution is -2.37. The van der Waals surface area contributed by atoms with Crippen molar-refractivity contribution in [2.75, 3.05) is 32.3 Å². The molecule has 0 spiro atoms. The Hall–Kier alpha value is -1.83. The normalized spacial score (nSPS) is 16.6. The van der Waals surface area contributed by atoms with Crippen LogP contribution in [0.25, 0.3) is 0 Å². The molecule has 1 N–H and O–H groups in total. The van der Waals surface area contributed by atoms with Gasteiger partial charge in [-0.1, -0.05) is 30.8 Å². The highest BCUT2D eigenvalue weighted by Gasteiger charge is 2.31. The van der Waals surface area contributed by atoms with E-state index in [0.717, 1.165) is 28.2 Å². The number of fused-ring (bicyclic) bond motifs is 1. The second kappa shape index (κ2) is 8.91. The van der Waals surface area contributed by atoms with Crippen molar-refractivity contribution in [3.8, 4) is 11.5 Å². The quantitative estimate of drug-likeness (QED) is 0.514. The van der Waals surface area contributed by atoms with E-state index < -0.39 is 0 Å². The van der Waals surface area contributed by atoms with Gasteiger partial charge < -0.3 is 19.6 Å². The van der Waals surface area contributed by atoms with Crippen LogP contribution in [0.2, 0.25) is 0 Å². The number of thioether (sulfide) groups is 2. The third-order valence-corrected chi connectivity index (χ3v) is 6.63. The Kier molecular flexibility index (Phi) is 6.57. The molecule has 1 heterocycles. The predicted molar refractivity (Wildman–Crippen MR) is 112 cm³/mol. The van der Waals surface area contributed by atoms with E-state index in [1.807, 2.05) is 36.2 Å². The molecule has 5 nitrogen and oxygen atoms in total. The molecule has 144 valence electrons. The molecule has 2 aromatic rings. The molecule has 0 fully saturated rings. The van der Waals surface area contributed by atoms with Crippen LogP contribution < -0.4 is 14.8 Å². The van der Waals surface area contributed by atoms with Gasteiger partial charge in [0, 0.05) is 15.9 Å². The van der Waals surface area contributed by atoms with Crippen molar-refractivity contribution in [3.05, 3.63) is 42.0 Å². The van der Waals surface area contributed by atoms with E-state index in [9.17, 15) is 4.79 Å². The molecule has 0 saturated carbocycles. The van der Waals surface area contributed by atoms with E-state index in [4.69, 9.17) is 9.47 Å². The molecule has 1 aliphatic rings. The maximum absolute atomic E-state index is 11.9. The summed E-state index contributed by atoms with van der Waals surface area (Å²) in [7, 11) is 5.21. The number of rotatable bonds is 8. The zero-order chi connectivity index (χ0) is 19.4. The third-order valence-electron chi connectivity index (χ3n) is 4.47. The summed E-state index contributed by atoms with van der Waals surface area (Å²) in [4.78, 5) is 16.2. The zero-order valence-electron chi connectivity index (χ0n) is 15.9. The van der Waals surface area contributed by atoms with E-state index in [2.05, 4.69) is 24.4 Å². The first-order valence-corrected chi connectivity index (χ1v) is 10.6. The van der Waals surface area contributed by atoms with Crippen LogP contribution in [0.5, 0.6) is 11.5 Å². The van der Waals surface area contributed by atoms with Crippen LogP contribution in [0.15, 0.2) is 46.2 Å². The number of benzene rings is 2. The second-order valence-corrected chi connectivity index (χ2v) is 8.53. The lowest BCUT2D eigenvalue weighted by molar-refractivity contribution is -0.112. The summed E-state index contributed by atoms with van der Waals surface area (Å²) in [5.74, 6) is 2.41. The third kappa shape index (κ3) is 4.20. The van der Waals surface area contributed by atoms with Crippen molar-refractivity contribution in [2.24, 2.45) is 0 Å². The average Bonchev–Trinajstić information content (AvgIpc) is 3.11. The molecule has 7 heteroatoms. The molecule has 0 radical (unpaired) electrons. The summed E-state index contributed by atoms with van der Waals surface area (Å²) < 4.78 is 10.8. The first kappa shape index (κ1) is 19.9. The van der Waals surface area contributed by atoms with E-state index in [-0.39, 0.29) is 11.5 Å². The van der Waals surface area contributed by atoms with Crippen LogP contribution in [0.1, 0.15) is 18.5 Å². The van der Waals surface area contributed by atoms with Crippen LogP contribution in [0.3, 0.4) is 0 Å². The van der Waals surface area contributed by atoms with Gasteiger partial charge in [0.05, 0.1) is 25.9 Å². The Morgan fingerprint density at radius 1 is 1.22 bits per heavy atom. The number of nitrogens with zero attached hydrogens (tertiary/aromatic N) is 1. The minimum Gasteiger partial charge on any atom is -0.493 e. The van der Waals surface area contributed by atoms with Crippen LogP contribution in [-0.4, -0.2) is 43.7 Å². The molecule has 3 rings (SSSR count). The first-order valence-electron chi connectivity index (χ1n) is 8.70. The van der Waals surface area contributed by atoms with Crippen molar-refractivity contribution < 1.29 is 14.3 Å². The monoisotopic (exact) mass is 404 g/mol. The van der Waals surface area contributed by atoms with E-state index >= 15 is 0 Å². The molecule has 0 aromatic heterocycles. The van der Waals surface area contributed by atoms with Gasteiger partial charge in [0.2, 0.25) is 0 Å². The molecular weight excluding hydrogens is 380 g/mol. The van der Waals surface area contributed by atoms with Gasteiger partial charge in [-0.15, -0.1) is 11.8 Å². The first-order chi connectivity index (χ1) is 13.1. The number of hydrogen-bond donors (Lipinski definition) is 1. The number of aldehydes is 1. The number of nitrogens with one attached hydrogen (secondary N) is 1. The summed E-state index contributed by atoms with van der Waals surface area (Å²) in [6.07, 6.45) is 0.994. The molecule has 2 atom stereocenters. The fraction of sp³-hybridized carbons (Fsp3) is 0.350. The molecule has 27 heavy (non-hydrogen) atoms.